The number of carboxylic acids is 1. The summed E-state index contributed by atoms with van der Waals surface area (Å²) in [6.07, 6.45) is 0. The minimum absolute atomic E-state index is 0.117. The second-order valence-electron chi connectivity index (χ2n) is 3.81. The Morgan fingerprint density at radius 2 is 2.35 bits per heavy atom. The molecule has 1 rings (SSSR count). The molecule has 0 saturated carbocycles. The normalized spacial score (nSPS) is 12.2. The molecule has 1 heterocycles. The second kappa shape index (κ2) is 6.42. The molecule has 0 aliphatic carbocycles. The molecule has 0 aliphatic heterocycles. The van der Waals surface area contributed by atoms with Gasteiger partial charge < -0.3 is 15.2 Å². The van der Waals surface area contributed by atoms with Crippen LogP contribution in [0.15, 0.2) is 12.1 Å². The van der Waals surface area contributed by atoms with Crippen molar-refractivity contribution < 1.29 is 14.6 Å². The quantitative estimate of drug-likeness (QED) is 0.765. The summed E-state index contributed by atoms with van der Waals surface area (Å²) in [6, 6.07) is 2.77. The Hall–Kier alpha value is -1.33. The molecular weight excluding hydrogens is 244 g/mol. The number of carboxylic acid groups (broad SMARTS) is 1. The van der Waals surface area contributed by atoms with Crippen LogP contribution in [0.2, 0.25) is 5.15 Å². The summed E-state index contributed by atoms with van der Waals surface area (Å²) in [5.41, 5.74) is 0.117. The maximum atomic E-state index is 10.8. The lowest BCUT2D eigenvalue weighted by atomic mass is 10.2. The first-order valence-electron chi connectivity index (χ1n) is 5.16. The van der Waals surface area contributed by atoms with Crippen molar-refractivity contribution in [3.63, 3.8) is 0 Å². The number of aromatic nitrogens is 1. The van der Waals surface area contributed by atoms with E-state index >= 15 is 0 Å². The Bertz CT molecular complexity index is 398. The maximum absolute atomic E-state index is 10.8. The fraction of sp³-hybridized carbons (Fsp3) is 0.455. The van der Waals surface area contributed by atoms with Crippen LogP contribution < -0.4 is 5.32 Å². The van der Waals surface area contributed by atoms with Gasteiger partial charge in [-0.1, -0.05) is 18.5 Å². The van der Waals surface area contributed by atoms with Gasteiger partial charge in [0.1, 0.15) is 11.0 Å². The molecule has 0 saturated heterocycles. The lowest BCUT2D eigenvalue weighted by molar-refractivity contribution is 0.0697. The van der Waals surface area contributed by atoms with Crippen LogP contribution >= 0.6 is 11.6 Å². The number of pyridine rings is 1. The summed E-state index contributed by atoms with van der Waals surface area (Å²) < 4.78 is 5.00. The minimum atomic E-state index is -1.03. The van der Waals surface area contributed by atoms with Gasteiger partial charge in [-0.2, -0.15) is 0 Å². The summed E-state index contributed by atoms with van der Waals surface area (Å²) >= 11 is 5.73. The molecule has 5 nitrogen and oxygen atoms in total. The number of nitrogens with one attached hydrogen (secondary N) is 1. The second-order valence-corrected chi connectivity index (χ2v) is 4.20. The maximum Gasteiger partial charge on any atom is 0.335 e. The molecule has 1 unspecified atom stereocenters. The third-order valence-electron chi connectivity index (χ3n) is 2.12. The monoisotopic (exact) mass is 258 g/mol. The molecule has 1 aromatic rings. The molecule has 0 aliphatic rings. The number of hydrogen-bond acceptors (Lipinski definition) is 4. The fourth-order valence-corrected chi connectivity index (χ4v) is 1.54. The van der Waals surface area contributed by atoms with E-state index in [1.807, 2.05) is 6.92 Å². The standard InChI is InChI=1S/C11H15ClN2O3/c1-7(6-17-2)5-13-10-4-8(11(15)16)3-9(12)14-10/h3-4,7H,5-6H2,1-2H3,(H,13,14)(H,15,16). The summed E-state index contributed by atoms with van der Waals surface area (Å²) in [6.45, 7) is 3.28. The highest BCUT2D eigenvalue weighted by Crippen LogP contribution is 2.15. The number of aromatic carboxylic acids is 1. The number of nitrogens with zero attached hydrogens (tertiary/aromatic N) is 1. The van der Waals surface area contributed by atoms with E-state index in [2.05, 4.69) is 10.3 Å². The van der Waals surface area contributed by atoms with E-state index in [0.717, 1.165) is 0 Å². The highest BCUT2D eigenvalue weighted by atomic mass is 35.5. The molecule has 0 radical (unpaired) electrons. The first-order chi connectivity index (χ1) is 8.02. The van der Waals surface area contributed by atoms with Gasteiger partial charge in [-0.05, 0) is 18.1 Å². The zero-order chi connectivity index (χ0) is 12.8. The Morgan fingerprint density at radius 3 is 2.94 bits per heavy atom. The number of carbonyl (C=O) groups is 1. The first-order valence-corrected chi connectivity index (χ1v) is 5.54. The number of methoxy groups -OCH3 is 1. The van der Waals surface area contributed by atoms with Crippen molar-refractivity contribution in [1.29, 1.82) is 0 Å². The molecule has 6 heteroatoms. The Kier molecular flexibility index (Phi) is 5.18. The Labute approximate surface area is 105 Å². The fourth-order valence-electron chi connectivity index (χ4n) is 1.33. The van der Waals surface area contributed by atoms with Crippen LogP contribution in [-0.4, -0.2) is 36.3 Å². The van der Waals surface area contributed by atoms with Crippen molar-refractivity contribution in [3.8, 4) is 0 Å². The van der Waals surface area contributed by atoms with Crippen molar-refractivity contribution in [2.24, 2.45) is 5.92 Å². The summed E-state index contributed by atoms with van der Waals surface area (Å²) in [5, 5.41) is 12.0. The summed E-state index contributed by atoms with van der Waals surface area (Å²) in [4.78, 5) is 14.8. The predicted octanol–water partition coefficient (Wildman–Crippen LogP) is 2.13. The molecular formula is C11H15ClN2O3. The van der Waals surface area contributed by atoms with Gasteiger partial charge in [0.05, 0.1) is 12.2 Å². The highest BCUT2D eigenvalue weighted by molar-refractivity contribution is 6.29. The van der Waals surface area contributed by atoms with Crippen molar-refractivity contribution in [2.75, 3.05) is 25.6 Å². The minimum Gasteiger partial charge on any atom is -0.478 e. The van der Waals surface area contributed by atoms with Crippen LogP contribution in [0.25, 0.3) is 0 Å². The molecule has 2 N–H and O–H groups in total. The van der Waals surface area contributed by atoms with Gasteiger partial charge in [0.25, 0.3) is 0 Å². The zero-order valence-corrected chi connectivity index (χ0v) is 10.5. The molecule has 94 valence electrons. The molecule has 0 fully saturated rings. The van der Waals surface area contributed by atoms with Gasteiger partial charge in [-0.25, -0.2) is 9.78 Å². The van der Waals surface area contributed by atoms with E-state index in [4.69, 9.17) is 21.4 Å². The average molecular weight is 259 g/mol. The SMILES string of the molecule is COCC(C)CNc1cc(C(=O)O)cc(Cl)n1. The Balaban J connectivity index is 2.68. The molecule has 0 spiro atoms. The molecule has 17 heavy (non-hydrogen) atoms. The molecule has 0 bridgehead atoms. The zero-order valence-electron chi connectivity index (χ0n) is 9.74. The first kappa shape index (κ1) is 13.7. The van der Waals surface area contributed by atoms with Crippen LogP contribution in [-0.2, 0) is 4.74 Å². The van der Waals surface area contributed by atoms with Gasteiger partial charge in [-0.3, -0.25) is 0 Å². The van der Waals surface area contributed by atoms with E-state index in [0.29, 0.717) is 24.9 Å². The van der Waals surface area contributed by atoms with Crippen molar-refractivity contribution >= 4 is 23.4 Å². The van der Waals surface area contributed by atoms with Gasteiger partial charge in [0, 0.05) is 13.7 Å². The van der Waals surface area contributed by atoms with Crippen LogP contribution in [0, 0.1) is 5.92 Å². The lowest BCUT2D eigenvalue weighted by Gasteiger charge is -2.12. The van der Waals surface area contributed by atoms with Crippen molar-refractivity contribution in [3.05, 3.63) is 22.8 Å². The third kappa shape index (κ3) is 4.58. The molecule has 0 aromatic carbocycles. The molecule has 1 atom stereocenters. The largest absolute Gasteiger partial charge is 0.478 e. The van der Waals surface area contributed by atoms with Crippen LogP contribution in [0.1, 0.15) is 17.3 Å². The third-order valence-corrected chi connectivity index (χ3v) is 2.32. The van der Waals surface area contributed by atoms with Crippen LogP contribution in [0.5, 0.6) is 0 Å². The van der Waals surface area contributed by atoms with Gasteiger partial charge in [0.2, 0.25) is 0 Å². The highest BCUT2D eigenvalue weighted by Gasteiger charge is 2.08. The summed E-state index contributed by atoms with van der Waals surface area (Å²) in [5.74, 6) is -0.269. The van der Waals surface area contributed by atoms with Crippen LogP contribution in [0.3, 0.4) is 0 Å². The van der Waals surface area contributed by atoms with Gasteiger partial charge >= 0.3 is 5.97 Å². The summed E-state index contributed by atoms with van der Waals surface area (Å²) in [7, 11) is 1.64. The predicted molar refractivity (Wildman–Crippen MR) is 65.7 cm³/mol. The topological polar surface area (TPSA) is 71.5 Å². The van der Waals surface area contributed by atoms with Gasteiger partial charge in [-0.15, -0.1) is 0 Å². The lowest BCUT2D eigenvalue weighted by Crippen LogP contribution is -2.16. The molecule has 1 aromatic heterocycles. The van der Waals surface area contributed by atoms with E-state index in [1.165, 1.54) is 12.1 Å². The van der Waals surface area contributed by atoms with E-state index in [9.17, 15) is 4.79 Å². The number of anilines is 1. The number of rotatable bonds is 6. The van der Waals surface area contributed by atoms with Gasteiger partial charge in [0.15, 0.2) is 0 Å². The van der Waals surface area contributed by atoms with E-state index in [1.54, 1.807) is 7.11 Å². The van der Waals surface area contributed by atoms with Crippen molar-refractivity contribution in [2.45, 2.75) is 6.92 Å². The number of hydrogen-bond donors (Lipinski definition) is 2. The van der Waals surface area contributed by atoms with E-state index < -0.39 is 5.97 Å². The smallest absolute Gasteiger partial charge is 0.335 e. The number of ether oxygens (including phenoxy) is 1. The van der Waals surface area contributed by atoms with E-state index in [-0.39, 0.29) is 10.7 Å². The van der Waals surface area contributed by atoms with Crippen molar-refractivity contribution in [1.82, 2.24) is 4.98 Å². The molecule has 0 amide bonds. The van der Waals surface area contributed by atoms with Crippen LogP contribution in [0.4, 0.5) is 5.82 Å². The Morgan fingerprint density at radius 1 is 1.65 bits per heavy atom. The number of halogens is 1. The average Bonchev–Trinajstić information content (AvgIpc) is 2.26.